The van der Waals surface area contributed by atoms with Crippen LogP contribution >= 0.6 is 0 Å². The molecule has 2 atom stereocenters. The van der Waals surface area contributed by atoms with E-state index >= 15 is 0 Å². The van der Waals surface area contributed by atoms with Crippen LogP contribution in [0.15, 0.2) is 0 Å². The smallest absolute Gasteiger partial charge is 0.238 e. The zero-order chi connectivity index (χ0) is 12.8. The van der Waals surface area contributed by atoms with Gasteiger partial charge in [0, 0.05) is 12.6 Å². The van der Waals surface area contributed by atoms with Crippen LogP contribution in [0.2, 0.25) is 0 Å². The fraction of sp³-hybridized carbons (Fsp3) is 0.917. The summed E-state index contributed by atoms with van der Waals surface area (Å²) >= 11 is 0. The third-order valence-corrected chi connectivity index (χ3v) is 3.25. The molecule has 1 amide bonds. The Morgan fingerprint density at radius 3 is 2.31 bits per heavy atom. The van der Waals surface area contributed by atoms with Crippen molar-refractivity contribution in [2.75, 3.05) is 19.6 Å². The van der Waals surface area contributed by atoms with Gasteiger partial charge in [-0.3, -0.25) is 9.69 Å². The second-order valence-corrected chi connectivity index (χ2v) is 4.55. The van der Waals surface area contributed by atoms with Crippen molar-refractivity contribution in [3.63, 3.8) is 0 Å². The first-order chi connectivity index (χ1) is 7.41. The van der Waals surface area contributed by atoms with Gasteiger partial charge in [-0.25, -0.2) is 0 Å². The molecule has 0 bridgehead atoms. The van der Waals surface area contributed by atoms with Crippen LogP contribution in [0, 0.1) is 0 Å². The van der Waals surface area contributed by atoms with Gasteiger partial charge in [-0.15, -0.1) is 0 Å². The summed E-state index contributed by atoms with van der Waals surface area (Å²) in [5.41, 5.74) is 4.84. The van der Waals surface area contributed by atoms with E-state index in [1.807, 2.05) is 13.8 Å². The molecule has 0 aromatic carbocycles. The average molecular weight is 229 g/mol. The lowest BCUT2D eigenvalue weighted by Gasteiger charge is -2.36. The van der Waals surface area contributed by atoms with Gasteiger partial charge in [0.15, 0.2) is 0 Å². The minimum Gasteiger partial charge on any atom is -0.368 e. The molecule has 0 aliphatic rings. The molecule has 0 rings (SSSR count). The second kappa shape index (κ2) is 6.86. The van der Waals surface area contributed by atoms with E-state index in [0.717, 1.165) is 19.5 Å². The summed E-state index contributed by atoms with van der Waals surface area (Å²) < 4.78 is 0. The maximum absolute atomic E-state index is 11.5. The van der Waals surface area contributed by atoms with E-state index in [0.29, 0.717) is 12.6 Å². The predicted octanol–water partition coefficient (Wildman–Crippen LogP) is 0.960. The number of likely N-dealkylation sites (N-methyl/N-ethyl adjacent to an activating group) is 2. The maximum Gasteiger partial charge on any atom is 0.238 e. The number of hydrogen-bond donors (Lipinski definition) is 2. The van der Waals surface area contributed by atoms with Crippen molar-refractivity contribution in [1.29, 1.82) is 0 Å². The van der Waals surface area contributed by atoms with E-state index in [4.69, 9.17) is 5.73 Å². The normalized spacial score (nSPS) is 17.1. The van der Waals surface area contributed by atoms with Crippen LogP contribution in [-0.2, 0) is 4.79 Å². The van der Waals surface area contributed by atoms with Crippen LogP contribution < -0.4 is 11.1 Å². The van der Waals surface area contributed by atoms with Crippen molar-refractivity contribution < 1.29 is 4.79 Å². The Morgan fingerprint density at radius 2 is 2.00 bits per heavy atom. The molecule has 4 heteroatoms. The average Bonchev–Trinajstić information content (AvgIpc) is 2.25. The minimum atomic E-state index is -0.631. The maximum atomic E-state index is 11.5. The number of amides is 1. The van der Waals surface area contributed by atoms with Gasteiger partial charge in [0.2, 0.25) is 5.91 Å². The summed E-state index contributed by atoms with van der Waals surface area (Å²) in [5.74, 6) is -0.281. The van der Waals surface area contributed by atoms with E-state index in [9.17, 15) is 4.79 Å². The monoisotopic (exact) mass is 229 g/mol. The molecule has 3 N–H and O–H groups in total. The number of carbonyl (C=O) groups excluding carboxylic acids is 1. The fourth-order valence-electron chi connectivity index (χ4n) is 1.85. The molecule has 0 heterocycles. The van der Waals surface area contributed by atoms with E-state index in [1.54, 1.807) is 0 Å². The van der Waals surface area contributed by atoms with Gasteiger partial charge in [-0.1, -0.05) is 20.8 Å². The van der Waals surface area contributed by atoms with Gasteiger partial charge in [0.25, 0.3) is 0 Å². The number of nitrogens with zero attached hydrogens (tertiary/aromatic N) is 1. The zero-order valence-corrected chi connectivity index (χ0v) is 11.3. The highest BCUT2D eigenvalue weighted by atomic mass is 16.1. The first-order valence-electron chi connectivity index (χ1n) is 6.20. The van der Waals surface area contributed by atoms with Gasteiger partial charge in [-0.05, 0) is 33.4 Å². The molecule has 0 saturated heterocycles. The number of nitrogens with one attached hydrogen (secondary N) is 1. The quantitative estimate of drug-likeness (QED) is 0.652. The summed E-state index contributed by atoms with van der Waals surface area (Å²) in [6.07, 6.45) is 1.08. The summed E-state index contributed by atoms with van der Waals surface area (Å²) in [7, 11) is 0. The number of rotatable bonds is 8. The Hall–Kier alpha value is -0.610. The number of nitrogens with two attached hydrogens (primary N) is 1. The highest BCUT2D eigenvalue weighted by Crippen LogP contribution is 2.11. The molecule has 0 aliphatic carbocycles. The second-order valence-electron chi connectivity index (χ2n) is 4.55. The SMILES string of the molecule is CCNC(C)(CN(CC)C(C)CC)C(N)=O. The number of primary amides is 1. The van der Waals surface area contributed by atoms with Crippen LogP contribution in [0.4, 0.5) is 0 Å². The highest BCUT2D eigenvalue weighted by molar-refractivity contribution is 5.84. The van der Waals surface area contributed by atoms with Crippen molar-refractivity contribution >= 4 is 5.91 Å². The first kappa shape index (κ1) is 15.4. The Labute approximate surface area is 99.6 Å². The Morgan fingerprint density at radius 1 is 1.44 bits per heavy atom. The molecule has 0 spiro atoms. The molecule has 2 unspecified atom stereocenters. The predicted molar refractivity (Wildman–Crippen MR) is 68.3 cm³/mol. The minimum absolute atomic E-state index is 0.281. The zero-order valence-electron chi connectivity index (χ0n) is 11.3. The molecular formula is C12H27N3O. The van der Waals surface area contributed by atoms with Crippen LogP contribution in [0.5, 0.6) is 0 Å². The third-order valence-electron chi connectivity index (χ3n) is 3.25. The fourth-order valence-corrected chi connectivity index (χ4v) is 1.85. The number of carbonyl (C=O) groups is 1. The summed E-state index contributed by atoms with van der Waals surface area (Å²) in [5, 5.41) is 3.19. The van der Waals surface area contributed by atoms with Gasteiger partial charge in [0.1, 0.15) is 5.54 Å². The lowest BCUT2D eigenvalue weighted by molar-refractivity contribution is -0.124. The summed E-state index contributed by atoms with van der Waals surface area (Å²) in [6.45, 7) is 12.7. The van der Waals surface area contributed by atoms with E-state index in [2.05, 4.69) is 31.0 Å². The molecule has 96 valence electrons. The van der Waals surface area contributed by atoms with Crippen molar-refractivity contribution in [3.05, 3.63) is 0 Å². The van der Waals surface area contributed by atoms with Gasteiger partial charge >= 0.3 is 0 Å². The number of hydrogen-bond acceptors (Lipinski definition) is 3. The summed E-state index contributed by atoms with van der Waals surface area (Å²) in [6, 6.07) is 0.474. The molecule has 0 saturated carbocycles. The van der Waals surface area contributed by atoms with Crippen molar-refractivity contribution in [2.45, 2.75) is 52.6 Å². The largest absolute Gasteiger partial charge is 0.368 e. The molecule has 16 heavy (non-hydrogen) atoms. The molecule has 0 aromatic heterocycles. The summed E-state index contributed by atoms with van der Waals surface area (Å²) in [4.78, 5) is 13.8. The topological polar surface area (TPSA) is 58.4 Å². The highest BCUT2D eigenvalue weighted by Gasteiger charge is 2.32. The third kappa shape index (κ3) is 4.10. The van der Waals surface area contributed by atoms with Crippen LogP contribution in [-0.4, -0.2) is 42.0 Å². The van der Waals surface area contributed by atoms with Crippen LogP contribution in [0.3, 0.4) is 0 Å². The molecule has 0 aliphatic heterocycles. The van der Waals surface area contributed by atoms with E-state index in [-0.39, 0.29) is 5.91 Å². The molecule has 0 fully saturated rings. The van der Waals surface area contributed by atoms with Crippen molar-refractivity contribution in [2.24, 2.45) is 5.73 Å². The standard InChI is InChI=1S/C12H27N3O/c1-6-10(4)15(8-3)9-12(5,11(13)16)14-7-2/h10,14H,6-9H2,1-5H3,(H2,13,16). The molecular weight excluding hydrogens is 202 g/mol. The van der Waals surface area contributed by atoms with E-state index in [1.165, 1.54) is 0 Å². The molecule has 0 aromatic rings. The molecule has 4 nitrogen and oxygen atoms in total. The van der Waals surface area contributed by atoms with Gasteiger partial charge in [-0.2, -0.15) is 0 Å². The van der Waals surface area contributed by atoms with Crippen LogP contribution in [0.1, 0.15) is 41.0 Å². The van der Waals surface area contributed by atoms with Crippen molar-refractivity contribution in [3.8, 4) is 0 Å². The lowest BCUT2D eigenvalue weighted by atomic mass is 9.99. The Kier molecular flexibility index (Phi) is 6.60. The first-order valence-corrected chi connectivity index (χ1v) is 6.20. The molecule has 0 radical (unpaired) electrons. The van der Waals surface area contributed by atoms with Gasteiger partial charge < -0.3 is 11.1 Å². The Balaban J connectivity index is 4.65. The van der Waals surface area contributed by atoms with E-state index < -0.39 is 5.54 Å². The Bertz CT molecular complexity index is 220. The van der Waals surface area contributed by atoms with Gasteiger partial charge in [0.05, 0.1) is 0 Å². The lowest BCUT2D eigenvalue weighted by Crippen LogP contribution is -2.60. The van der Waals surface area contributed by atoms with Crippen LogP contribution in [0.25, 0.3) is 0 Å². The van der Waals surface area contributed by atoms with Crippen molar-refractivity contribution in [1.82, 2.24) is 10.2 Å².